The van der Waals surface area contributed by atoms with Gasteiger partial charge in [-0.1, -0.05) is 0 Å². The smallest absolute Gasteiger partial charge is 0.511 e. The van der Waals surface area contributed by atoms with Gasteiger partial charge in [0.05, 0.1) is 4.90 Å². The molecular formula is C9H7F3I2NO6S2-. The molecule has 0 atom stereocenters. The fourth-order valence-electron chi connectivity index (χ4n) is 1.29. The first-order chi connectivity index (χ1) is 10.3. The Bertz CT molecular complexity index is 771. The topological polar surface area (TPSA) is 113 Å². The Hall–Kier alpha value is 0.0900. The quantitative estimate of drug-likeness (QED) is 0.302. The standard InChI is InChI=1S/C9H8F3I2NO6S2/c10-9(11,12)23(19,20)15-1-2-21-5-3-6(13)8(7(14)4-5)22(16,17)18/h3-4,15H,1-2H2,(H,16,17,18)/p-1. The fraction of sp³-hybridized carbons (Fsp3) is 0.333. The zero-order valence-electron chi connectivity index (χ0n) is 10.7. The SMILES string of the molecule is O=S(=O)([O-])c1c(I)cc(OCCNS(=O)(=O)C(F)(F)F)cc1I. The molecule has 0 aliphatic carbocycles. The van der Waals surface area contributed by atoms with Crippen LogP contribution >= 0.6 is 45.2 Å². The third kappa shape index (κ3) is 5.83. The molecule has 7 nitrogen and oxygen atoms in total. The van der Waals surface area contributed by atoms with Crippen LogP contribution < -0.4 is 9.46 Å². The van der Waals surface area contributed by atoms with Gasteiger partial charge in [0.25, 0.3) is 0 Å². The highest BCUT2D eigenvalue weighted by Gasteiger charge is 2.45. The largest absolute Gasteiger partial charge is 0.744 e. The van der Waals surface area contributed by atoms with Gasteiger partial charge < -0.3 is 9.29 Å². The molecule has 0 saturated carbocycles. The summed E-state index contributed by atoms with van der Waals surface area (Å²) in [5, 5.41) is 0. The highest BCUT2D eigenvalue weighted by Crippen LogP contribution is 2.29. The fourth-order valence-corrected chi connectivity index (χ4v) is 5.73. The average Bonchev–Trinajstić information content (AvgIpc) is 2.30. The van der Waals surface area contributed by atoms with E-state index in [0.29, 0.717) is 0 Å². The van der Waals surface area contributed by atoms with Crippen LogP contribution in [0.5, 0.6) is 5.75 Å². The highest BCUT2D eigenvalue weighted by atomic mass is 127. The minimum Gasteiger partial charge on any atom is -0.744 e. The van der Waals surface area contributed by atoms with E-state index in [-0.39, 0.29) is 12.9 Å². The molecule has 132 valence electrons. The number of halogens is 5. The Morgan fingerprint density at radius 1 is 1.13 bits per heavy atom. The van der Waals surface area contributed by atoms with Crippen LogP contribution in [0.25, 0.3) is 0 Å². The molecule has 0 amide bonds. The van der Waals surface area contributed by atoms with Crippen LogP contribution in [0.4, 0.5) is 13.2 Å². The predicted octanol–water partition coefficient (Wildman–Crippen LogP) is 1.62. The van der Waals surface area contributed by atoms with Gasteiger partial charge in [-0.3, -0.25) is 0 Å². The minimum absolute atomic E-state index is 0.0790. The molecule has 0 radical (unpaired) electrons. The van der Waals surface area contributed by atoms with Gasteiger partial charge in [0, 0.05) is 13.7 Å². The van der Waals surface area contributed by atoms with Crippen LogP contribution in [-0.2, 0) is 20.1 Å². The number of sulfonamides is 1. The van der Waals surface area contributed by atoms with E-state index >= 15 is 0 Å². The second-order valence-corrected chi connectivity index (χ2v) is 9.26. The van der Waals surface area contributed by atoms with E-state index in [1.165, 1.54) is 16.9 Å². The number of benzene rings is 1. The highest BCUT2D eigenvalue weighted by molar-refractivity contribution is 14.1. The van der Waals surface area contributed by atoms with Crippen molar-refractivity contribution in [1.82, 2.24) is 4.72 Å². The number of hydrogen-bond acceptors (Lipinski definition) is 6. The lowest BCUT2D eigenvalue weighted by atomic mass is 10.3. The second kappa shape index (κ2) is 7.54. The lowest BCUT2D eigenvalue weighted by molar-refractivity contribution is -0.0448. The van der Waals surface area contributed by atoms with Gasteiger partial charge in [-0.2, -0.15) is 13.2 Å². The van der Waals surface area contributed by atoms with Crippen LogP contribution in [0.1, 0.15) is 0 Å². The lowest BCUT2D eigenvalue weighted by Crippen LogP contribution is -2.38. The van der Waals surface area contributed by atoms with Gasteiger partial charge in [-0.05, 0) is 57.3 Å². The van der Waals surface area contributed by atoms with Gasteiger partial charge in [-0.15, -0.1) is 0 Å². The maximum atomic E-state index is 12.1. The van der Waals surface area contributed by atoms with Gasteiger partial charge in [0.15, 0.2) is 0 Å². The molecule has 0 unspecified atom stereocenters. The number of nitrogens with one attached hydrogen (secondary N) is 1. The van der Waals surface area contributed by atoms with Crippen molar-refractivity contribution < 1.29 is 39.3 Å². The molecule has 14 heteroatoms. The van der Waals surface area contributed by atoms with Gasteiger partial charge >= 0.3 is 15.5 Å². The van der Waals surface area contributed by atoms with Crippen LogP contribution in [0.3, 0.4) is 0 Å². The summed E-state index contributed by atoms with van der Waals surface area (Å²) < 4.78 is 97.4. The number of hydrogen-bond donors (Lipinski definition) is 1. The molecule has 23 heavy (non-hydrogen) atoms. The Kier molecular flexibility index (Phi) is 6.93. The first-order valence-electron chi connectivity index (χ1n) is 5.39. The second-order valence-electron chi connectivity index (χ2n) is 3.86. The van der Waals surface area contributed by atoms with Crippen LogP contribution in [0.15, 0.2) is 17.0 Å². The average molecular weight is 600 g/mol. The van der Waals surface area contributed by atoms with Gasteiger partial charge in [0.2, 0.25) is 0 Å². The van der Waals surface area contributed by atoms with Crippen molar-refractivity contribution >= 4 is 65.3 Å². The first kappa shape index (κ1) is 21.1. The van der Waals surface area contributed by atoms with E-state index in [1.54, 1.807) is 45.2 Å². The molecule has 0 aromatic heterocycles. The van der Waals surface area contributed by atoms with Crippen molar-refractivity contribution in [3.63, 3.8) is 0 Å². The monoisotopic (exact) mass is 600 g/mol. The Morgan fingerprint density at radius 3 is 2.00 bits per heavy atom. The molecule has 0 aliphatic rings. The normalized spacial score (nSPS) is 13.1. The summed E-state index contributed by atoms with van der Waals surface area (Å²) in [7, 11) is -10.1. The van der Waals surface area contributed by atoms with E-state index in [0.717, 1.165) is 0 Å². The van der Waals surface area contributed by atoms with E-state index < -0.39 is 43.7 Å². The summed E-state index contributed by atoms with van der Waals surface area (Å²) in [5.74, 6) is 0.0809. The lowest BCUT2D eigenvalue weighted by Gasteiger charge is -2.14. The Morgan fingerprint density at radius 2 is 1.61 bits per heavy atom. The van der Waals surface area contributed by atoms with E-state index in [4.69, 9.17) is 4.74 Å². The third-order valence-corrected chi connectivity index (χ3v) is 6.76. The molecule has 1 aromatic rings. The third-order valence-electron chi connectivity index (χ3n) is 2.19. The van der Waals surface area contributed by atoms with Crippen molar-refractivity contribution in [1.29, 1.82) is 0 Å². The van der Waals surface area contributed by atoms with Crippen LogP contribution in [-0.4, -0.2) is 40.0 Å². The molecule has 0 saturated heterocycles. The number of rotatable bonds is 6. The van der Waals surface area contributed by atoms with Crippen molar-refractivity contribution in [3.8, 4) is 5.75 Å². The van der Waals surface area contributed by atoms with Crippen molar-refractivity contribution in [2.24, 2.45) is 0 Å². The summed E-state index contributed by atoms with van der Waals surface area (Å²) in [6.07, 6.45) is 0. The maximum Gasteiger partial charge on any atom is 0.511 e. The summed E-state index contributed by atoms with van der Waals surface area (Å²) in [5.41, 5.74) is -5.41. The molecule has 1 rings (SSSR count). The molecule has 0 spiro atoms. The predicted molar refractivity (Wildman–Crippen MR) is 88.3 cm³/mol. The van der Waals surface area contributed by atoms with Crippen LogP contribution in [0, 0.1) is 7.14 Å². The minimum atomic E-state index is -5.45. The summed E-state index contributed by atoms with van der Waals surface area (Å²) in [6, 6.07) is 2.40. The van der Waals surface area contributed by atoms with Gasteiger partial charge in [-0.25, -0.2) is 21.6 Å². The molecule has 0 heterocycles. The Labute approximate surface area is 157 Å². The summed E-state index contributed by atoms with van der Waals surface area (Å²) in [6.45, 7) is -1.07. The molecule has 0 bridgehead atoms. The Balaban J connectivity index is 2.75. The number of alkyl halides is 3. The van der Waals surface area contributed by atoms with E-state index in [2.05, 4.69) is 0 Å². The molecular weight excluding hydrogens is 593 g/mol. The molecule has 0 fully saturated rings. The first-order valence-corrected chi connectivity index (χ1v) is 10.4. The zero-order valence-corrected chi connectivity index (χ0v) is 16.7. The van der Waals surface area contributed by atoms with Crippen molar-refractivity contribution in [3.05, 3.63) is 19.3 Å². The zero-order chi connectivity index (χ0) is 18.1. The van der Waals surface area contributed by atoms with Crippen molar-refractivity contribution in [2.45, 2.75) is 10.4 Å². The summed E-state index contributed by atoms with van der Waals surface area (Å²) in [4.78, 5) is -0.427. The molecule has 0 aliphatic heterocycles. The molecule has 1 aromatic carbocycles. The number of ether oxygens (including phenoxy) is 1. The van der Waals surface area contributed by atoms with Gasteiger partial charge in [0.1, 0.15) is 22.5 Å². The van der Waals surface area contributed by atoms with Crippen LogP contribution in [0.2, 0.25) is 0 Å². The molecule has 1 N–H and O–H groups in total. The summed E-state index contributed by atoms with van der Waals surface area (Å²) >= 11 is 3.19. The maximum absolute atomic E-state index is 12.1. The van der Waals surface area contributed by atoms with E-state index in [9.17, 15) is 34.6 Å². The van der Waals surface area contributed by atoms with E-state index in [1.807, 2.05) is 0 Å². The van der Waals surface area contributed by atoms with Crippen molar-refractivity contribution in [2.75, 3.05) is 13.2 Å².